The summed E-state index contributed by atoms with van der Waals surface area (Å²) >= 11 is 0. The molecule has 1 amide bonds. The molecule has 0 saturated carbocycles. The Bertz CT molecular complexity index is 829. The molecule has 0 N–H and O–H groups in total. The Morgan fingerprint density at radius 1 is 1.07 bits per heavy atom. The van der Waals surface area contributed by atoms with Crippen LogP contribution in [0.3, 0.4) is 0 Å². The molecule has 2 aliphatic heterocycles. The molecule has 146 valence electrons. The van der Waals surface area contributed by atoms with Gasteiger partial charge in [0.25, 0.3) is 0 Å². The lowest BCUT2D eigenvalue weighted by molar-refractivity contribution is -0.130. The largest absolute Gasteiger partial charge is 0.351 e. The predicted octanol–water partition coefficient (Wildman–Crippen LogP) is 2.70. The molecule has 0 bridgehead atoms. The summed E-state index contributed by atoms with van der Waals surface area (Å²) < 4.78 is 2.19. The Kier molecular flexibility index (Phi) is 4.99. The van der Waals surface area contributed by atoms with Crippen LogP contribution in [-0.4, -0.2) is 70.5 Å². The van der Waals surface area contributed by atoms with Gasteiger partial charge < -0.3 is 9.47 Å². The average molecular weight is 369 g/mol. The first kappa shape index (κ1) is 18.5. The minimum atomic E-state index is 0.132. The van der Waals surface area contributed by atoms with Crippen molar-refractivity contribution in [2.75, 3.05) is 39.8 Å². The number of aromatic nitrogens is 1. The number of likely N-dealkylation sites (N-methyl/N-ethyl adjacent to an activating group) is 1. The van der Waals surface area contributed by atoms with E-state index in [-0.39, 0.29) is 5.54 Å². The number of piperazine rings is 1. The molecule has 2 fully saturated rings. The summed E-state index contributed by atoms with van der Waals surface area (Å²) in [4.78, 5) is 19.5. The average Bonchev–Trinajstić information content (AvgIpc) is 2.95. The van der Waals surface area contributed by atoms with Crippen LogP contribution in [0.5, 0.6) is 0 Å². The fraction of sp³-hybridized carbons (Fsp3) is 0.591. The van der Waals surface area contributed by atoms with E-state index in [9.17, 15) is 4.79 Å². The molecule has 0 radical (unpaired) electrons. The standard InChI is InChI=1S/C22H32N4O/c1-4-26-12-10-22(9-7-21(26)27)17-25(14-13-24(22)3)16-18-5-6-19-8-11-23(2)20(19)15-18/h5-6,8,11,15H,4,7,9-10,12-14,16-17H2,1-3H3. The highest BCUT2D eigenvalue weighted by molar-refractivity contribution is 5.80. The van der Waals surface area contributed by atoms with E-state index in [4.69, 9.17) is 0 Å². The second kappa shape index (κ2) is 7.28. The molecule has 5 heteroatoms. The Morgan fingerprint density at radius 2 is 1.93 bits per heavy atom. The number of likely N-dealkylation sites (tertiary alicyclic amines) is 1. The zero-order valence-corrected chi connectivity index (χ0v) is 16.9. The lowest BCUT2D eigenvalue weighted by Gasteiger charge is -2.49. The molecular formula is C22H32N4O. The van der Waals surface area contributed by atoms with E-state index in [1.165, 1.54) is 16.5 Å². The highest BCUT2D eigenvalue weighted by Crippen LogP contribution is 2.32. The Morgan fingerprint density at radius 3 is 2.74 bits per heavy atom. The minimum absolute atomic E-state index is 0.132. The summed E-state index contributed by atoms with van der Waals surface area (Å²) in [6.45, 7) is 8.03. The van der Waals surface area contributed by atoms with E-state index in [1.54, 1.807) is 0 Å². The molecule has 5 nitrogen and oxygen atoms in total. The zero-order chi connectivity index (χ0) is 19.0. The summed E-state index contributed by atoms with van der Waals surface area (Å²) in [6.07, 6.45) is 4.87. The summed E-state index contributed by atoms with van der Waals surface area (Å²) in [5.41, 5.74) is 2.81. The summed E-state index contributed by atoms with van der Waals surface area (Å²) in [7, 11) is 4.36. The van der Waals surface area contributed by atoms with Crippen LogP contribution in [-0.2, 0) is 18.4 Å². The first-order chi connectivity index (χ1) is 13.0. The van der Waals surface area contributed by atoms with Gasteiger partial charge >= 0.3 is 0 Å². The Hall–Kier alpha value is -1.85. The van der Waals surface area contributed by atoms with Gasteiger partial charge in [-0.25, -0.2) is 0 Å². The predicted molar refractivity (Wildman–Crippen MR) is 110 cm³/mol. The van der Waals surface area contributed by atoms with Crippen LogP contribution in [0.1, 0.15) is 31.7 Å². The van der Waals surface area contributed by atoms with Crippen LogP contribution in [0.4, 0.5) is 0 Å². The second-order valence-electron chi connectivity index (χ2n) is 8.40. The number of aryl methyl sites for hydroxylation is 1. The molecule has 1 atom stereocenters. The van der Waals surface area contributed by atoms with Gasteiger partial charge in [-0.15, -0.1) is 0 Å². The molecule has 1 aromatic carbocycles. The molecule has 3 heterocycles. The number of hydrogen-bond donors (Lipinski definition) is 0. The maximum Gasteiger partial charge on any atom is 0.222 e. The third-order valence-electron chi connectivity index (χ3n) is 6.82. The molecule has 4 rings (SSSR count). The monoisotopic (exact) mass is 368 g/mol. The second-order valence-corrected chi connectivity index (χ2v) is 8.40. The number of carbonyl (C=O) groups excluding carboxylic acids is 1. The SMILES string of the molecule is CCN1CCC2(CCC1=O)CN(Cc1ccc3ccn(C)c3c1)CCN2C. The maximum atomic E-state index is 12.4. The van der Waals surface area contributed by atoms with Crippen molar-refractivity contribution >= 4 is 16.8 Å². The fourth-order valence-corrected chi connectivity index (χ4v) is 4.91. The van der Waals surface area contributed by atoms with Crippen molar-refractivity contribution in [3.05, 3.63) is 36.0 Å². The Balaban J connectivity index is 1.51. The van der Waals surface area contributed by atoms with Crippen molar-refractivity contribution in [3.63, 3.8) is 0 Å². The zero-order valence-electron chi connectivity index (χ0n) is 16.9. The number of nitrogens with zero attached hydrogens (tertiary/aromatic N) is 4. The van der Waals surface area contributed by atoms with Crippen molar-refractivity contribution in [3.8, 4) is 0 Å². The maximum absolute atomic E-state index is 12.4. The van der Waals surface area contributed by atoms with Crippen molar-refractivity contribution < 1.29 is 4.79 Å². The van der Waals surface area contributed by atoms with E-state index >= 15 is 0 Å². The van der Waals surface area contributed by atoms with Gasteiger partial charge in [-0.3, -0.25) is 14.6 Å². The first-order valence-electron chi connectivity index (χ1n) is 10.3. The first-order valence-corrected chi connectivity index (χ1v) is 10.3. The minimum Gasteiger partial charge on any atom is -0.351 e. The lowest BCUT2D eigenvalue weighted by atomic mass is 9.86. The van der Waals surface area contributed by atoms with Crippen molar-refractivity contribution in [2.24, 2.45) is 7.05 Å². The number of fused-ring (bicyclic) bond motifs is 1. The molecule has 27 heavy (non-hydrogen) atoms. The molecular weight excluding hydrogens is 336 g/mol. The molecule has 1 aromatic heterocycles. The highest BCUT2D eigenvalue weighted by atomic mass is 16.2. The number of benzene rings is 1. The van der Waals surface area contributed by atoms with E-state index in [0.29, 0.717) is 12.3 Å². The van der Waals surface area contributed by atoms with Crippen molar-refractivity contribution in [1.82, 2.24) is 19.3 Å². The molecule has 1 unspecified atom stereocenters. The molecule has 2 saturated heterocycles. The lowest BCUT2D eigenvalue weighted by Crippen LogP contribution is -2.60. The van der Waals surface area contributed by atoms with Gasteiger partial charge in [0.2, 0.25) is 5.91 Å². The van der Waals surface area contributed by atoms with E-state index in [0.717, 1.165) is 52.1 Å². The van der Waals surface area contributed by atoms with Crippen molar-refractivity contribution in [2.45, 2.75) is 38.3 Å². The summed E-state index contributed by atoms with van der Waals surface area (Å²) in [6, 6.07) is 9.00. The van der Waals surface area contributed by atoms with E-state index in [1.807, 2.05) is 4.90 Å². The molecule has 2 aliphatic rings. The van der Waals surface area contributed by atoms with Gasteiger partial charge in [-0.05, 0) is 49.9 Å². The smallest absolute Gasteiger partial charge is 0.222 e. The highest BCUT2D eigenvalue weighted by Gasteiger charge is 2.41. The molecule has 1 spiro atoms. The molecule has 2 aromatic rings. The quantitative estimate of drug-likeness (QED) is 0.835. The van der Waals surface area contributed by atoms with E-state index < -0.39 is 0 Å². The van der Waals surface area contributed by atoms with Crippen LogP contribution >= 0.6 is 0 Å². The number of carbonyl (C=O) groups is 1. The van der Waals surface area contributed by atoms with Crippen molar-refractivity contribution in [1.29, 1.82) is 0 Å². The van der Waals surface area contributed by atoms with Gasteiger partial charge in [-0.2, -0.15) is 0 Å². The number of hydrogen-bond acceptors (Lipinski definition) is 3. The molecule has 0 aliphatic carbocycles. The summed E-state index contributed by atoms with van der Waals surface area (Å²) in [5, 5.41) is 1.30. The van der Waals surface area contributed by atoms with Gasteiger partial charge in [0, 0.05) is 70.0 Å². The summed E-state index contributed by atoms with van der Waals surface area (Å²) in [5.74, 6) is 0.328. The van der Waals surface area contributed by atoms with Crippen LogP contribution in [0, 0.1) is 0 Å². The fourth-order valence-electron chi connectivity index (χ4n) is 4.91. The number of rotatable bonds is 3. The van der Waals surface area contributed by atoms with Gasteiger partial charge in [0.1, 0.15) is 0 Å². The third kappa shape index (κ3) is 3.50. The number of amides is 1. The van der Waals surface area contributed by atoms with Crippen LogP contribution < -0.4 is 0 Å². The van der Waals surface area contributed by atoms with Gasteiger partial charge in [0.15, 0.2) is 0 Å². The van der Waals surface area contributed by atoms with Gasteiger partial charge in [0.05, 0.1) is 0 Å². The van der Waals surface area contributed by atoms with Gasteiger partial charge in [-0.1, -0.05) is 12.1 Å². The van der Waals surface area contributed by atoms with E-state index in [2.05, 4.69) is 65.8 Å². The van der Waals surface area contributed by atoms with Crippen LogP contribution in [0.2, 0.25) is 0 Å². The normalized spacial score (nSPS) is 25.4. The topological polar surface area (TPSA) is 31.7 Å². The third-order valence-corrected chi connectivity index (χ3v) is 6.82. The van der Waals surface area contributed by atoms with Crippen LogP contribution in [0.15, 0.2) is 30.5 Å². The van der Waals surface area contributed by atoms with Crippen LogP contribution in [0.25, 0.3) is 10.9 Å². The Labute approximate surface area is 162 Å².